The molecule has 0 heterocycles. The van der Waals surface area contributed by atoms with E-state index < -0.39 is 10.0 Å². The van der Waals surface area contributed by atoms with Gasteiger partial charge in [-0.25, -0.2) is 13.1 Å². The number of hydrogen-bond donors (Lipinski definition) is 1. The summed E-state index contributed by atoms with van der Waals surface area (Å²) in [7, 11) is -3.18. The molecule has 0 aromatic heterocycles. The molecule has 0 saturated heterocycles. The summed E-state index contributed by atoms with van der Waals surface area (Å²) in [5.74, 6) is 1.17. The van der Waals surface area contributed by atoms with Crippen molar-refractivity contribution in [3.63, 3.8) is 0 Å². The fraction of sp³-hybridized carbons (Fsp3) is 1.00. The van der Waals surface area contributed by atoms with Crippen molar-refractivity contribution < 1.29 is 8.42 Å². The summed E-state index contributed by atoms with van der Waals surface area (Å²) in [4.78, 5) is 0. The van der Waals surface area contributed by atoms with E-state index in [1.54, 1.807) is 0 Å². The first kappa shape index (κ1) is 17.2. The van der Waals surface area contributed by atoms with Crippen molar-refractivity contribution in [2.24, 2.45) is 11.8 Å². The molecule has 3 nitrogen and oxygen atoms in total. The summed E-state index contributed by atoms with van der Waals surface area (Å²) in [5, 5.41) is 0. The summed E-state index contributed by atoms with van der Waals surface area (Å²) in [6.07, 6.45) is 3.10. The molecule has 0 bridgehead atoms. The van der Waals surface area contributed by atoms with Gasteiger partial charge in [0.05, 0.1) is 5.75 Å². The predicted octanol–water partition coefficient (Wildman–Crippen LogP) is 3.00. The number of nitrogens with one attached hydrogen (secondary N) is 1. The molecule has 104 valence electrons. The number of hydrogen-bond acceptors (Lipinski definition) is 2. The first-order valence-corrected chi connectivity index (χ1v) is 8.51. The lowest BCUT2D eigenvalue weighted by Gasteiger charge is -2.16. The van der Waals surface area contributed by atoms with Crippen LogP contribution in [0.4, 0.5) is 0 Å². The van der Waals surface area contributed by atoms with Crippen LogP contribution < -0.4 is 4.72 Å². The normalized spacial score (nSPS) is 16.1. The maximum atomic E-state index is 11.7. The van der Waals surface area contributed by atoms with Gasteiger partial charge in [-0.1, -0.05) is 33.6 Å². The van der Waals surface area contributed by atoms with Crippen molar-refractivity contribution >= 4 is 21.6 Å². The summed E-state index contributed by atoms with van der Waals surface area (Å²) in [6.45, 7) is 8.12. The highest BCUT2D eigenvalue weighted by Gasteiger charge is 2.17. The Hall–Kier alpha value is 0.200. The van der Waals surface area contributed by atoms with E-state index in [0.717, 1.165) is 19.3 Å². The highest BCUT2D eigenvalue weighted by molar-refractivity contribution is 7.89. The Labute approximate surface area is 111 Å². The molecule has 0 aromatic rings. The van der Waals surface area contributed by atoms with E-state index >= 15 is 0 Å². The summed E-state index contributed by atoms with van der Waals surface area (Å²) in [6, 6.07) is 0.0151. The maximum Gasteiger partial charge on any atom is 0.212 e. The minimum absolute atomic E-state index is 0.00275. The Morgan fingerprint density at radius 3 is 2.18 bits per heavy atom. The van der Waals surface area contributed by atoms with Gasteiger partial charge in [0, 0.05) is 11.9 Å². The second-order valence-corrected chi connectivity index (χ2v) is 7.49. The minimum Gasteiger partial charge on any atom is -0.212 e. The molecule has 0 aliphatic heterocycles. The van der Waals surface area contributed by atoms with Crippen molar-refractivity contribution in [2.75, 3.05) is 11.6 Å². The van der Waals surface area contributed by atoms with E-state index in [1.165, 1.54) is 0 Å². The van der Waals surface area contributed by atoms with Gasteiger partial charge in [-0.15, -0.1) is 11.6 Å². The van der Waals surface area contributed by atoms with E-state index in [2.05, 4.69) is 18.6 Å². The monoisotopic (exact) mass is 283 g/mol. The maximum absolute atomic E-state index is 11.7. The highest BCUT2D eigenvalue weighted by Crippen LogP contribution is 2.09. The quantitative estimate of drug-likeness (QED) is 0.661. The van der Waals surface area contributed by atoms with Gasteiger partial charge >= 0.3 is 0 Å². The second kappa shape index (κ2) is 8.33. The van der Waals surface area contributed by atoms with Crippen molar-refractivity contribution in [1.29, 1.82) is 0 Å². The van der Waals surface area contributed by atoms with E-state index in [1.807, 2.05) is 13.8 Å². The van der Waals surface area contributed by atoms with Crippen molar-refractivity contribution in [1.82, 2.24) is 4.72 Å². The fourth-order valence-electron chi connectivity index (χ4n) is 1.66. The van der Waals surface area contributed by atoms with Crippen molar-refractivity contribution in [3.8, 4) is 0 Å². The Kier molecular flexibility index (Phi) is 8.43. The molecule has 0 amide bonds. The van der Waals surface area contributed by atoms with Gasteiger partial charge < -0.3 is 0 Å². The molecular weight excluding hydrogens is 258 g/mol. The third kappa shape index (κ3) is 9.86. The summed E-state index contributed by atoms with van der Waals surface area (Å²) in [5.41, 5.74) is 0. The molecule has 0 aromatic carbocycles. The molecule has 0 saturated carbocycles. The van der Waals surface area contributed by atoms with E-state index in [0.29, 0.717) is 11.8 Å². The molecule has 0 aliphatic carbocycles. The van der Waals surface area contributed by atoms with Crippen LogP contribution in [-0.2, 0) is 10.0 Å². The topological polar surface area (TPSA) is 46.2 Å². The number of halogens is 1. The van der Waals surface area contributed by atoms with Gasteiger partial charge in [0.1, 0.15) is 0 Å². The smallest absolute Gasteiger partial charge is 0.212 e. The van der Waals surface area contributed by atoms with Crippen LogP contribution in [0.5, 0.6) is 0 Å². The molecule has 5 heteroatoms. The zero-order chi connectivity index (χ0) is 13.5. The summed E-state index contributed by atoms with van der Waals surface area (Å²) < 4.78 is 26.2. The van der Waals surface area contributed by atoms with Gasteiger partial charge in [0.25, 0.3) is 0 Å². The zero-order valence-corrected chi connectivity index (χ0v) is 12.9. The first-order valence-electron chi connectivity index (χ1n) is 6.32. The van der Waals surface area contributed by atoms with Gasteiger partial charge in [0.2, 0.25) is 10.0 Å². The summed E-state index contributed by atoms with van der Waals surface area (Å²) >= 11 is 5.62. The van der Waals surface area contributed by atoms with Gasteiger partial charge in [0.15, 0.2) is 0 Å². The van der Waals surface area contributed by atoms with Crippen LogP contribution in [0.3, 0.4) is 0 Å². The third-order valence-electron chi connectivity index (χ3n) is 2.57. The van der Waals surface area contributed by atoms with E-state index in [-0.39, 0.29) is 17.7 Å². The van der Waals surface area contributed by atoms with Gasteiger partial charge in [-0.3, -0.25) is 0 Å². The molecule has 2 unspecified atom stereocenters. The van der Waals surface area contributed by atoms with Crippen molar-refractivity contribution in [2.45, 2.75) is 53.0 Å². The van der Waals surface area contributed by atoms with Gasteiger partial charge in [-0.05, 0) is 25.2 Å². The second-order valence-electron chi connectivity index (χ2n) is 5.38. The van der Waals surface area contributed by atoms with Crippen LogP contribution in [0.1, 0.15) is 47.0 Å². The minimum atomic E-state index is -3.18. The van der Waals surface area contributed by atoms with Crippen LogP contribution in [0.25, 0.3) is 0 Å². The first-order chi connectivity index (χ1) is 7.76. The van der Waals surface area contributed by atoms with Crippen LogP contribution >= 0.6 is 11.6 Å². The fourth-order valence-corrected chi connectivity index (χ4v) is 3.60. The lowest BCUT2D eigenvalue weighted by atomic mass is 10.0. The van der Waals surface area contributed by atoms with Crippen LogP contribution in [0.15, 0.2) is 0 Å². The molecule has 0 rings (SSSR count). The Morgan fingerprint density at radius 1 is 1.12 bits per heavy atom. The van der Waals surface area contributed by atoms with Crippen molar-refractivity contribution in [3.05, 3.63) is 0 Å². The molecular formula is C12H26ClNO2S. The SMILES string of the molecule is CC(C)CCCC(C)NS(=O)(=O)CC(C)CCl. The standard InChI is InChI=1S/C12H26ClNO2S/c1-10(2)6-5-7-12(4)14-17(15,16)9-11(3)8-13/h10-12,14H,5-9H2,1-4H3. The molecule has 2 atom stereocenters. The molecule has 17 heavy (non-hydrogen) atoms. The molecule has 0 aliphatic rings. The Bertz CT molecular complexity index is 291. The molecule has 0 radical (unpaired) electrons. The number of rotatable bonds is 9. The lowest BCUT2D eigenvalue weighted by Crippen LogP contribution is -2.36. The molecule has 0 fully saturated rings. The number of alkyl halides is 1. The number of sulfonamides is 1. The average Bonchev–Trinajstić information content (AvgIpc) is 2.15. The lowest BCUT2D eigenvalue weighted by molar-refractivity contribution is 0.486. The van der Waals surface area contributed by atoms with Crippen LogP contribution in [0, 0.1) is 11.8 Å². The molecule has 0 spiro atoms. The Morgan fingerprint density at radius 2 is 1.71 bits per heavy atom. The largest absolute Gasteiger partial charge is 0.212 e. The van der Waals surface area contributed by atoms with E-state index in [4.69, 9.17) is 11.6 Å². The van der Waals surface area contributed by atoms with Gasteiger partial charge in [-0.2, -0.15) is 0 Å². The van der Waals surface area contributed by atoms with Crippen LogP contribution in [-0.4, -0.2) is 26.1 Å². The zero-order valence-electron chi connectivity index (χ0n) is 11.4. The highest BCUT2D eigenvalue weighted by atomic mass is 35.5. The van der Waals surface area contributed by atoms with E-state index in [9.17, 15) is 8.42 Å². The third-order valence-corrected chi connectivity index (χ3v) is 4.86. The Balaban J connectivity index is 3.97. The average molecular weight is 284 g/mol. The molecule has 1 N–H and O–H groups in total. The van der Waals surface area contributed by atoms with Crippen LogP contribution in [0.2, 0.25) is 0 Å². The predicted molar refractivity (Wildman–Crippen MR) is 75.0 cm³/mol.